The van der Waals surface area contributed by atoms with Gasteiger partial charge in [-0.25, -0.2) is 9.07 Å². The second-order valence-electron chi connectivity index (χ2n) is 7.70. The molecular formula is C25H21FN4O. The van der Waals surface area contributed by atoms with Gasteiger partial charge in [0.25, 0.3) is 5.91 Å². The molecule has 1 aliphatic rings. The van der Waals surface area contributed by atoms with Crippen LogP contribution in [0.15, 0.2) is 85.3 Å². The first-order valence-electron chi connectivity index (χ1n) is 10.3. The number of benzene rings is 2. The van der Waals surface area contributed by atoms with Gasteiger partial charge in [-0.15, -0.1) is 0 Å². The summed E-state index contributed by atoms with van der Waals surface area (Å²) in [7, 11) is 0. The van der Waals surface area contributed by atoms with E-state index in [1.807, 2.05) is 47.4 Å². The number of halogens is 1. The number of amides is 1. The van der Waals surface area contributed by atoms with Gasteiger partial charge in [0.1, 0.15) is 11.5 Å². The zero-order valence-corrected chi connectivity index (χ0v) is 16.9. The molecule has 4 aromatic rings. The number of rotatable bonds is 6. The van der Waals surface area contributed by atoms with Gasteiger partial charge in [-0.2, -0.15) is 5.10 Å². The number of carbonyl (C=O) groups is 1. The fourth-order valence-corrected chi connectivity index (χ4v) is 3.65. The molecule has 0 spiro atoms. The third-order valence-corrected chi connectivity index (χ3v) is 5.42. The molecule has 0 atom stereocenters. The Morgan fingerprint density at radius 2 is 1.81 bits per heavy atom. The third kappa shape index (κ3) is 4.10. The molecule has 0 bridgehead atoms. The molecule has 5 rings (SSSR count). The van der Waals surface area contributed by atoms with Crippen molar-refractivity contribution in [3.05, 3.63) is 102 Å². The van der Waals surface area contributed by atoms with E-state index in [0.717, 1.165) is 29.7 Å². The lowest BCUT2D eigenvalue weighted by atomic mass is 10.1. The maximum Gasteiger partial charge on any atom is 0.258 e. The number of aromatic nitrogens is 3. The Hall–Kier alpha value is -3.80. The summed E-state index contributed by atoms with van der Waals surface area (Å²) >= 11 is 0. The van der Waals surface area contributed by atoms with E-state index in [2.05, 4.69) is 4.98 Å². The number of hydrogen-bond donors (Lipinski definition) is 0. The minimum absolute atomic E-state index is 0.0761. The fraction of sp³-hybridized carbons (Fsp3) is 0.160. The Morgan fingerprint density at radius 1 is 1.03 bits per heavy atom. The Kier molecular flexibility index (Phi) is 5.04. The van der Waals surface area contributed by atoms with Crippen LogP contribution in [-0.4, -0.2) is 31.6 Å². The number of pyridine rings is 1. The van der Waals surface area contributed by atoms with E-state index >= 15 is 0 Å². The van der Waals surface area contributed by atoms with Crippen LogP contribution in [0.25, 0.3) is 16.9 Å². The highest BCUT2D eigenvalue weighted by Gasteiger charge is 2.35. The summed E-state index contributed by atoms with van der Waals surface area (Å²) < 4.78 is 15.1. The normalized spacial score (nSPS) is 13.2. The molecule has 2 heterocycles. The summed E-state index contributed by atoms with van der Waals surface area (Å²) in [5.74, 6) is -0.357. The van der Waals surface area contributed by atoms with E-state index in [0.29, 0.717) is 17.8 Å². The molecule has 1 amide bonds. The van der Waals surface area contributed by atoms with Crippen molar-refractivity contribution in [1.82, 2.24) is 19.7 Å². The second kappa shape index (κ2) is 8.14. The van der Waals surface area contributed by atoms with E-state index in [1.54, 1.807) is 35.4 Å². The van der Waals surface area contributed by atoms with Crippen molar-refractivity contribution in [3.63, 3.8) is 0 Å². The molecular weight excluding hydrogens is 391 g/mol. The molecule has 1 aliphatic carbocycles. The number of nitrogens with zero attached hydrogens (tertiary/aromatic N) is 4. The van der Waals surface area contributed by atoms with E-state index in [4.69, 9.17) is 5.10 Å². The highest BCUT2D eigenvalue weighted by atomic mass is 19.1. The molecule has 0 unspecified atom stereocenters. The maximum atomic E-state index is 13.7. The lowest BCUT2D eigenvalue weighted by molar-refractivity contribution is 0.0730. The van der Waals surface area contributed by atoms with E-state index < -0.39 is 0 Å². The number of hydrogen-bond acceptors (Lipinski definition) is 3. The number of para-hydroxylation sites is 1. The Bertz CT molecular complexity index is 1190. The first-order valence-corrected chi connectivity index (χ1v) is 10.3. The Morgan fingerprint density at radius 3 is 2.48 bits per heavy atom. The Labute approximate surface area is 179 Å². The van der Waals surface area contributed by atoms with Gasteiger partial charge in [0.05, 0.1) is 11.3 Å². The van der Waals surface area contributed by atoms with Gasteiger partial charge in [0.15, 0.2) is 0 Å². The first-order chi connectivity index (χ1) is 15.2. The zero-order chi connectivity index (χ0) is 21.2. The first kappa shape index (κ1) is 19.2. The van der Waals surface area contributed by atoms with Gasteiger partial charge in [-0.3, -0.25) is 9.78 Å². The number of carbonyl (C=O) groups excluding carboxylic acids is 1. The summed E-state index contributed by atoms with van der Waals surface area (Å²) in [5.41, 5.74) is 3.71. The van der Waals surface area contributed by atoms with Crippen molar-refractivity contribution >= 4 is 5.91 Å². The lowest BCUT2D eigenvalue weighted by Crippen LogP contribution is -2.32. The van der Waals surface area contributed by atoms with Crippen molar-refractivity contribution in [2.45, 2.75) is 25.4 Å². The topological polar surface area (TPSA) is 51.0 Å². The molecule has 0 saturated heterocycles. The van der Waals surface area contributed by atoms with E-state index in [9.17, 15) is 9.18 Å². The average molecular weight is 412 g/mol. The molecule has 1 saturated carbocycles. The van der Waals surface area contributed by atoms with Gasteiger partial charge >= 0.3 is 0 Å². The van der Waals surface area contributed by atoms with Crippen LogP contribution in [0.5, 0.6) is 0 Å². The van der Waals surface area contributed by atoms with Crippen LogP contribution >= 0.6 is 0 Å². The minimum atomic E-state index is -0.281. The molecule has 154 valence electrons. The van der Waals surface area contributed by atoms with Gasteiger partial charge in [-0.05, 0) is 54.8 Å². The quantitative estimate of drug-likeness (QED) is 0.454. The van der Waals surface area contributed by atoms with Crippen molar-refractivity contribution in [3.8, 4) is 16.9 Å². The van der Waals surface area contributed by atoms with Crippen molar-refractivity contribution < 1.29 is 9.18 Å². The standard InChI is InChI=1S/C25H21FN4O/c26-20-10-8-18(9-11-20)16-29(21-12-13-21)25(31)23-17-30(22-6-2-1-3-7-22)28-24(23)19-5-4-14-27-15-19/h1-11,14-15,17,21H,12-13,16H2. The lowest BCUT2D eigenvalue weighted by Gasteiger charge is -2.22. The third-order valence-electron chi connectivity index (χ3n) is 5.42. The highest BCUT2D eigenvalue weighted by Crippen LogP contribution is 2.32. The average Bonchev–Trinajstić information content (AvgIpc) is 3.56. The van der Waals surface area contributed by atoms with E-state index in [-0.39, 0.29) is 17.8 Å². The summed E-state index contributed by atoms with van der Waals surface area (Å²) in [4.78, 5) is 19.8. The molecule has 0 aliphatic heterocycles. The van der Waals surface area contributed by atoms with Gasteiger partial charge in [0, 0.05) is 36.7 Å². The van der Waals surface area contributed by atoms with Crippen LogP contribution < -0.4 is 0 Å². The molecule has 0 radical (unpaired) electrons. The molecule has 2 aromatic heterocycles. The predicted octanol–water partition coefficient (Wildman–Crippen LogP) is 4.88. The summed E-state index contributed by atoms with van der Waals surface area (Å²) in [5, 5.41) is 4.73. The van der Waals surface area contributed by atoms with Gasteiger partial charge in [-0.1, -0.05) is 30.3 Å². The van der Waals surface area contributed by atoms with Crippen molar-refractivity contribution in [2.75, 3.05) is 0 Å². The Balaban J connectivity index is 1.54. The van der Waals surface area contributed by atoms with Crippen LogP contribution in [-0.2, 0) is 6.54 Å². The monoisotopic (exact) mass is 412 g/mol. The fourth-order valence-electron chi connectivity index (χ4n) is 3.65. The van der Waals surface area contributed by atoms with Gasteiger partial charge in [0.2, 0.25) is 0 Å². The van der Waals surface area contributed by atoms with Crippen molar-refractivity contribution in [1.29, 1.82) is 0 Å². The van der Waals surface area contributed by atoms with Gasteiger partial charge < -0.3 is 4.90 Å². The van der Waals surface area contributed by atoms with Crippen molar-refractivity contribution in [2.24, 2.45) is 0 Å². The maximum absolute atomic E-state index is 13.7. The molecule has 5 nitrogen and oxygen atoms in total. The molecule has 1 fully saturated rings. The van der Waals surface area contributed by atoms with Crippen LogP contribution in [0, 0.1) is 5.82 Å². The zero-order valence-electron chi connectivity index (χ0n) is 16.9. The highest BCUT2D eigenvalue weighted by molar-refractivity contribution is 6.00. The SMILES string of the molecule is O=C(c1cn(-c2ccccc2)nc1-c1cccnc1)N(Cc1ccc(F)cc1)C1CC1. The largest absolute Gasteiger partial charge is 0.331 e. The minimum Gasteiger partial charge on any atom is -0.331 e. The summed E-state index contributed by atoms with van der Waals surface area (Å²) in [6, 6.07) is 20.0. The predicted molar refractivity (Wildman–Crippen MR) is 116 cm³/mol. The molecule has 6 heteroatoms. The molecule has 0 N–H and O–H groups in total. The molecule has 31 heavy (non-hydrogen) atoms. The van der Waals surface area contributed by atoms with Crippen LogP contribution in [0.4, 0.5) is 4.39 Å². The van der Waals surface area contributed by atoms with Crippen LogP contribution in [0.2, 0.25) is 0 Å². The van der Waals surface area contributed by atoms with Crippen LogP contribution in [0.3, 0.4) is 0 Å². The van der Waals surface area contributed by atoms with Crippen LogP contribution in [0.1, 0.15) is 28.8 Å². The smallest absolute Gasteiger partial charge is 0.258 e. The van der Waals surface area contributed by atoms with E-state index in [1.165, 1.54) is 12.1 Å². The molecule has 2 aromatic carbocycles. The summed E-state index contributed by atoms with van der Waals surface area (Å²) in [6.45, 7) is 0.437. The second-order valence-corrected chi connectivity index (χ2v) is 7.70. The summed E-state index contributed by atoms with van der Waals surface area (Å²) in [6.07, 6.45) is 7.16.